The second-order valence-corrected chi connectivity index (χ2v) is 20.5. The van der Waals surface area contributed by atoms with Crippen molar-refractivity contribution in [1.82, 2.24) is 49.8 Å². The fraction of sp³-hybridized carbons (Fsp3) is 0.281. The van der Waals surface area contributed by atoms with Crippen LogP contribution in [0.25, 0.3) is 44.3 Å². The Morgan fingerprint density at radius 3 is 1.42 bits per heavy atom. The zero-order valence-electron chi connectivity index (χ0n) is 42.8. The number of nitrogens with one attached hydrogen (secondary N) is 1. The maximum atomic E-state index is 14.0. The van der Waals surface area contributed by atoms with Crippen molar-refractivity contribution in [1.29, 1.82) is 0 Å². The van der Waals surface area contributed by atoms with E-state index < -0.39 is 46.2 Å². The molecule has 3 N–H and O–H groups in total. The quantitative estimate of drug-likeness (QED) is 0.109. The zero-order chi connectivity index (χ0) is 54.3. The van der Waals surface area contributed by atoms with Crippen LogP contribution in [0, 0.1) is 51.0 Å². The number of aromatic amines is 1. The lowest BCUT2D eigenvalue weighted by molar-refractivity contribution is 0.0538. The number of hydrogen-bond acceptors (Lipinski definition) is 14. The van der Waals surface area contributed by atoms with Gasteiger partial charge >= 0.3 is 6.09 Å². The van der Waals surface area contributed by atoms with Crippen LogP contribution in [0.15, 0.2) is 107 Å². The first-order chi connectivity index (χ1) is 36.7. The molecule has 0 spiro atoms. The van der Waals surface area contributed by atoms with E-state index in [0.29, 0.717) is 67.9 Å². The van der Waals surface area contributed by atoms with Crippen molar-refractivity contribution in [2.45, 2.75) is 103 Å². The van der Waals surface area contributed by atoms with Gasteiger partial charge < -0.3 is 29.0 Å². The van der Waals surface area contributed by atoms with Gasteiger partial charge in [0.05, 0.1) is 81.0 Å². The minimum atomic E-state index is -2.14. The van der Waals surface area contributed by atoms with Gasteiger partial charge in [-0.05, 0) is 158 Å². The largest absolute Gasteiger partial charge is 0.443 e. The van der Waals surface area contributed by atoms with Crippen molar-refractivity contribution >= 4 is 28.2 Å². The number of hydrogen-bond donors (Lipinski definition) is 3. The monoisotopic (exact) mass is 1050 g/mol. The van der Waals surface area contributed by atoms with Crippen molar-refractivity contribution < 1.29 is 46.4 Å². The Hall–Kier alpha value is -8.49. The molecule has 0 radical (unpaired) electrons. The Kier molecular flexibility index (Phi) is 12.5. The molecule has 0 aliphatic heterocycles. The van der Waals surface area contributed by atoms with Gasteiger partial charge in [0.1, 0.15) is 52.0 Å². The average Bonchev–Trinajstić information content (AvgIpc) is 4.49. The molecule has 2 aromatic carbocycles. The van der Waals surface area contributed by atoms with E-state index in [0.717, 1.165) is 67.4 Å². The average molecular weight is 1050 g/mol. The molecule has 0 amide bonds. The van der Waals surface area contributed by atoms with Gasteiger partial charge in [-0.15, -0.1) is 0 Å². The number of pyridine rings is 4. The molecule has 20 heteroatoms. The highest BCUT2D eigenvalue weighted by molar-refractivity contribution is 5.94. The Bertz CT molecular complexity index is 3750. The highest BCUT2D eigenvalue weighted by atomic mass is 19.1. The summed E-state index contributed by atoms with van der Waals surface area (Å²) in [7, 11) is 0. The van der Waals surface area contributed by atoms with Crippen LogP contribution in [0.1, 0.15) is 127 Å². The highest BCUT2D eigenvalue weighted by Crippen LogP contribution is 2.47. The number of carbonyl (C=O) groups is 1. The Balaban J connectivity index is 0.000000166. The third-order valence-corrected chi connectivity index (χ3v) is 13.7. The molecule has 392 valence electrons. The first-order valence-electron chi connectivity index (χ1n) is 24.8. The molecule has 8 aromatic heterocycles. The van der Waals surface area contributed by atoms with Gasteiger partial charge in [0.15, 0.2) is 11.2 Å². The zero-order valence-corrected chi connectivity index (χ0v) is 42.8. The number of H-pyrrole nitrogens is 1. The van der Waals surface area contributed by atoms with Gasteiger partial charge in [0.25, 0.3) is 0 Å². The molecule has 0 saturated heterocycles. The number of imidazole rings is 2. The van der Waals surface area contributed by atoms with E-state index >= 15 is 0 Å². The predicted octanol–water partition coefficient (Wildman–Crippen LogP) is 11.4. The number of aliphatic hydroxyl groups is 2. The Morgan fingerprint density at radius 2 is 1.04 bits per heavy atom. The second kappa shape index (κ2) is 19.0. The predicted molar refractivity (Wildman–Crippen MR) is 272 cm³/mol. The molecule has 0 bridgehead atoms. The number of ether oxygens (including phenoxy) is 1. The number of aryl methyl sites for hydroxylation is 4. The smallest absolute Gasteiger partial charge is 0.420 e. The number of fused-ring (bicyclic) bond motifs is 2. The molecular weight excluding hydrogens is 997 g/mol. The van der Waals surface area contributed by atoms with Crippen LogP contribution in [-0.2, 0) is 15.9 Å². The van der Waals surface area contributed by atoms with Crippen molar-refractivity contribution in [3.63, 3.8) is 0 Å². The topological polar surface area (TPSA) is 217 Å². The van der Waals surface area contributed by atoms with Crippen LogP contribution in [0.5, 0.6) is 0 Å². The minimum absolute atomic E-state index is 0.0151. The molecule has 2 fully saturated rings. The van der Waals surface area contributed by atoms with E-state index in [-0.39, 0.29) is 39.8 Å². The lowest BCUT2D eigenvalue weighted by Crippen LogP contribution is -2.32. The normalized spacial score (nSPS) is 14.0. The first kappa shape index (κ1) is 50.7. The fourth-order valence-electron chi connectivity index (χ4n) is 9.80. The summed E-state index contributed by atoms with van der Waals surface area (Å²) in [6.45, 7) is 12.5. The van der Waals surface area contributed by atoms with Crippen molar-refractivity contribution in [2.24, 2.45) is 0 Å². The number of benzene rings is 2. The summed E-state index contributed by atoms with van der Waals surface area (Å²) in [6, 6.07) is 17.4. The van der Waals surface area contributed by atoms with E-state index in [1.54, 1.807) is 52.8 Å². The molecule has 12 rings (SSSR count). The van der Waals surface area contributed by atoms with Gasteiger partial charge in [0, 0.05) is 34.1 Å². The van der Waals surface area contributed by atoms with Crippen LogP contribution in [0.3, 0.4) is 0 Å². The lowest BCUT2D eigenvalue weighted by atomic mass is 9.83. The minimum Gasteiger partial charge on any atom is -0.443 e. The summed E-state index contributed by atoms with van der Waals surface area (Å²) >= 11 is 0. The van der Waals surface area contributed by atoms with Gasteiger partial charge in [-0.3, -0.25) is 19.9 Å². The van der Waals surface area contributed by atoms with Gasteiger partial charge in [-0.25, -0.2) is 36.9 Å². The molecule has 10 aromatic rings. The molecule has 16 nitrogen and oxygen atoms in total. The lowest BCUT2D eigenvalue weighted by Gasteiger charge is -2.28. The first-order valence-corrected chi connectivity index (χ1v) is 24.8. The van der Waals surface area contributed by atoms with Crippen molar-refractivity contribution in [3.05, 3.63) is 189 Å². The van der Waals surface area contributed by atoms with Crippen molar-refractivity contribution in [3.8, 4) is 22.3 Å². The van der Waals surface area contributed by atoms with E-state index in [2.05, 4.69) is 35.2 Å². The molecule has 77 heavy (non-hydrogen) atoms. The molecule has 2 aliphatic carbocycles. The van der Waals surface area contributed by atoms with Crippen LogP contribution < -0.4 is 0 Å². The Morgan fingerprint density at radius 1 is 0.610 bits per heavy atom. The Labute approximate surface area is 437 Å². The SMILES string of the molecule is Cc1noc(C)c1-c1cc(C(O)(c2ccc(F)cn2)c2ccc(F)cn2)c2nc(C3CC3)[nH]c2c1.Cc1noc(C)c1-c1cc(C(O)(c2ccc(F)cn2)c2ccc(F)cn2)c2nc(C3CC3)n(C(=O)OC(C)(C)C)c2c1. The summed E-state index contributed by atoms with van der Waals surface area (Å²) in [5.74, 6) is 0.518. The number of carbonyl (C=O) groups excluding carboxylic acids is 1. The van der Waals surface area contributed by atoms with Crippen molar-refractivity contribution in [2.75, 3.05) is 0 Å². The number of rotatable bonds is 10. The summed E-state index contributed by atoms with van der Waals surface area (Å²) < 4.78 is 73.6. The van der Waals surface area contributed by atoms with Gasteiger partial charge in [-0.2, -0.15) is 0 Å². The number of halogens is 4. The van der Waals surface area contributed by atoms with E-state index in [9.17, 15) is 32.6 Å². The molecule has 2 saturated carbocycles. The van der Waals surface area contributed by atoms with Crippen LogP contribution in [-0.4, -0.2) is 71.7 Å². The number of aromatic nitrogens is 10. The summed E-state index contributed by atoms with van der Waals surface area (Å²) in [6.07, 6.45) is 7.14. The van der Waals surface area contributed by atoms with E-state index in [4.69, 9.17) is 23.8 Å². The maximum Gasteiger partial charge on any atom is 0.420 e. The van der Waals surface area contributed by atoms with Gasteiger partial charge in [0.2, 0.25) is 0 Å². The fourth-order valence-corrected chi connectivity index (χ4v) is 9.80. The molecule has 8 heterocycles. The summed E-state index contributed by atoms with van der Waals surface area (Å²) in [4.78, 5) is 43.6. The molecule has 0 unspecified atom stereocenters. The number of nitrogens with zero attached hydrogens (tertiary/aromatic N) is 9. The van der Waals surface area contributed by atoms with Gasteiger partial charge in [-0.1, -0.05) is 10.3 Å². The van der Waals surface area contributed by atoms with E-state index in [1.807, 2.05) is 19.9 Å². The third-order valence-electron chi connectivity index (χ3n) is 13.7. The maximum absolute atomic E-state index is 14.0. The molecular formula is C57H50F4N10O6. The summed E-state index contributed by atoms with van der Waals surface area (Å²) in [5.41, 5.74) is 1.98. The van der Waals surface area contributed by atoms with Crippen LogP contribution in [0.4, 0.5) is 22.4 Å². The highest BCUT2D eigenvalue weighted by Gasteiger charge is 2.44. The third kappa shape index (κ3) is 9.30. The van der Waals surface area contributed by atoms with Crippen LogP contribution >= 0.6 is 0 Å². The second-order valence-electron chi connectivity index (χ2n) is 20.5. The molecule has 0 atom stereocenters. The van der Waals surface area contributed by atoms with E-state index in [1.165, 1.54) is 53.1 Å². The standard InChI is InChI=1S/C31H29F2N5O4.C26H21F2N5O2/c1-16-26(17(2)42-37-16)19-12-22(31(40,24-10-8-20(32)14-34-24)25-11-9-21(33)15-35-25)27-23(13-19)38(28(36-27)18-6-7-18)29(39)41-30(3,4)5;1-13-23(14(2)35-33-13)16-9-19(24-20(10-16)31-25(32-24)15-3-4-15)26(34,21-7-5-17(27)11-29-21)22-8-6-18(28)12-30-22/h8-15,18,40H,6-7H2,1-5H3;5-12,15,34H,3-4H2,1-2H3,(H,31,32). The summed E-state index contributed by atoms with van der Waals surface area (Å²) in [5, 5.41) is 33.2. The molecule has 2 aliphatic rings. The van der Waals surface area contributed by atoms with Crippen LogP contribution in [0.2, 0.25) is 0 Å².